The number of methoxy groups -OCH3 is 3. The van der Waals surface area contributed by atoms with Crippen LogP contribution in [0.25, 0.3) is 11.4 Å². The normalized spacial score (nSPS) is 10.5. The molecule has 21 heavy (non-hydrogen) atoms. The maximum Gasteiger partial charge on any atom is 0.195 e. The second-order valence-corrected chi connectivity index (χ2v) is 4.80. The fourth-order valence-corrected chi connectivity index (χ4v) is 2.38. The molecule has 0 aliphatic heterocycles. The summed E-state index contributed by atoms with van der Waals surface area (Å²) in [5, 5.41) is 7.14. The molecule has 0 radical (unpaired) electrons. The number of rotatable bonds is 6. The maximum absolute atomic E-state index is 5.45. The lowest BCUT2D eigenvalue weighted by atomic mass is 10.1. The van der Waals surface area contributed by atoms with Crippen molar-refractivity contribution in [2.24, 2.45) is 0 Å². The number of aromatic nitrogens is 3. The molecule has 0 fully saturated rings. The Morgan fingerprint density at radius 3 is 2.29 bits per heavy atom. The second-order valence-electron chi connectivity index (χ2n) is 4.41. The fraction of sp³-hybridized carbons (Fsp3) is 0.429. The van der Waals surface area contributed by atoms with Crippen LogP contribution in [0.4, 0.5) is 0 Å². The zero-order valence-electron chi connectivity index (χ0n) is 12.6. The first-order valence-electron chi connectivity index (χ1n) is 6.61. The van der Waals surface area contributed by atoms with Crippen LogP contribution in [0.2, 0.25) is 0 Å². The van der Waals surface area contributed by atoms with Crippen molar-refractivity contribution in [2.45, 2.75) is 19.9 Å². The van der Waals surface area contributed by atoms with Crippen LogP contribution in [-0.2, 0) is 6.54 Å². The van der Waals surface area contributed by atoms with Gasteiger partial charge in [-0.3, -0.25) is 5.10 Å². The summed E-state index contributed by atoms with van der Waals surface area (Å²) < 4.78 is 18.6. The SMILES string of the molecule is CCCn1c(-c2cc(OC)c(OC)cc2OC)n[nH]c1=S. The summed E-state index contributed by atoms with van der Waals surface area (Å²) in [7, 11) is 4.79. The minimum Gasteiger partial charge on any atom is -0.496 e. The van der Waals surface area contributed by atoms with Gasteiger partial charge in [0.2, 0.25) is 0 Å². The molecule has 0 atom stereocenters. The molecule has 0 spiro atoms. The van der Waals surface area contributed by atoms with Gasteiger partial charge >= 0.3 is 0 Å². The van der Waals surface area contributed by atoms with Crippen LogP contribution in [0.5, 0.6) is 17.2 Å². The van der Waals surface area contributed by atoms with Gasteiger partial charge in [-0.25, -0.2) is 0 Å². The molecule has 2 aromatic rings. The smallest absolute Gasteiger partial charge is 0.195 e. The van der Waals surface area contributed by atoms with Crippen molar-refractivity contribution in [3.63, 3.8) is 0 Å². The Kier molecular flexibility index (Phi) is 4.85. The first kappa shape index (κ1) is 15.4. The first-order chi connectivity index (χ1) is 10.2. The van der Waals surface area contributed by atoms with Crippen molar-refractivity contribution < 1.29 is 14.2 Å². The third-order valence-electron chi connectivity index (χ3n) is 3.15. The van der Waals surface area contributed by atoms with E-state index in [0.29, 0.717) is 22.0 Å². The molecule has 0 bridgehead atoms. The van der Waals surface area contributed by atoms with E-state index in [4.69, 9.17) is 26.4 Å². The van der Waals surface area contributed by atoms with E-state index in [1.807, 2.05) is 10.6 Å². The van der Waals surface area contributed by atoms with E-state index < -0.39 is 0 Å². The lowest BCUT2D eigenvalue weighted by molar-refractivity contribution is 0.349. The molecule has 114 valence electrons. The fourth-order valence-electron chi connectivity index (χ4n) is 2.16. The van der Waals surface area contributed by atoms with Crippen LogP contribution in [0.1, 0.15) is 13.3 Å². The number of H-pyrrole nitrogens is 1. The molecule has 0 aliphatic carbocycles. The van der Waals surface area contributed by atoms with Gasteiger partial charge < -0.3 is 18.8 Å². The highest BCUT2D eigenvalue weighted by molar-refractivity contribution is 7.71. The summed E-state index contributed by atoms with van der Waals surface area (Å²) in [4.78, 5) is 0. The van der Waals surface area contributed by atoms with Gasteiger partial charge in [0.05, 0.1) is 26.9 Å². The molecule has 0 unspecified atom stereocenters. The zero-order chi connectivity index (χ0) is 15.4. The molecule has 0 amide bonds. The Morgan fingerprint density at radius 2 is 1.71 bits per heavy atom. The monoisotopic (exact) mass is 309 g/mol. The van der Waals surface area contributed by atoms with E-state index in [1.165, 1.54) is 0 Å². The van der Waals surface area contributed by atoms with Crippen LogP contribution in [0.3, 0.4) is 0 Å². The van der Waals surface area contributed by atoms with Gasteiger partial charge in [-0.15, -0.1) is 0 Å². The van der Waals surface area contributed by atoms with E-state index in [1.54, 1.807) is 27.4 Å². The molecule has 2 rings (SSSR count). The van der Waals surface area contributed by atoms with Gasteiger partial charge in [0, 0.05) is 12.6 Å². The minimum absolute atomic E-state index is 0.587. The number of nitrogens with zero attached hydrogens (tertiary/aromatic N) is 2. The largest absolute Gasteiger partial charge is 0.496 e. The number of hydrogen-bond donors (Lipinski definition) is 1. The van der Waals surface area contributed by atoms with Gasteiger partial charge in [-0.1, -0.05) is 6.92 Å². The van der Waals surface area contributed by atoms with Crippen molar-refractivity contribution in [3.05, 3.63) is 16.9 Å². The van der Waals surface area contributed by atoms with E-state index in [2.05, 4.69) is 17.1 Å². The lowest BCUT2D eigenvalue weighted by Gasteiger charge is -2.14. The van der Waals surface area contributed by atoms with E-state index in [0.717, 1.165) is 24.4 Å². The van der Waals surface area contributed by atoms with Gasteiger partial charge in [0.1, 0.15) is 5.75 Å². The molecular weight excluding hydrogens is 290 g/mol. The van der Waals surface area contributed by atoms with Crippen molar-refractivity contribution in [3.8, 4) is 28.6 Å². The Labute approximate surface area is 128 Å². The third-order valence-corrected chi connectivity index (χ3v) is 3.46. The summed E-state index contributed by atoms with van der Waals surface area (Å²) in [5.41, 5.74) is 0.802. The van der Waals surface area contributed by atoms with E-state index in [-0.39, 0.29) is 0 Å². The molecular formula is C14H19N3O3S. The lowest BCUT2D eigenvalue weighted by Crippen LogP contribution is -2.02. The highest BCUT2D eigenvalue weighted by atomic mass is 32.1. The molecule has 1 N–H and O–H groups in total. The molecule has 7 heteroatoms. The molecule has 6 nitrogen and oxygen atoms in total. The number of hydrogen-bond acceptors (Lipinski definition) is 5. The molecule has 0 aliphatic rings. The molecule has 1 aromatic carbocycles. The van der Waals surface area contributed by atoms with Gasteiger partial charge in [-0.2, -0.15) is 5.10 Å². The van der Waals surface area contributed by atoms with Gasteiger partial charge in [0.15, 0.2) is 22.1 Å². The van der Waals surface area contributed by atoms with E-state index in [9.17, 15) is 0 Å². The zero-order valence-corrected chi connectivity index (χ0v) is 13.4. The van der Waals surface area contributed by atoms with Crippen LogP contribution in [-0.4, -0.2) is 36.1 Å². The summed E-state index contributed by atoms with van der Waals surface area (Å²) >= 11 is 5.28. The average molecular weight is 309 g/mol. The Hall–Kier alpha value is -2.02. The average Bonchev–Trinajstić information content (AvgIpc) is 2.87. The predicted molar refractivity (Wildman–Crippen MR) is 82.8 cm³/mol. The number of benzene rings is 1. The van der Waals surface area contributed by atoms with Crippen LogP contribution < -0.4 is 14.2 Å². The molecule has 0 saturated carbocycles. The minimum atomic E-state index is 0.587. The number of aromatic amines is 1. The third kappa shape index (κ3) is 2.87. The molecule has 1 aromatic heterocycles. The van der Waals surface area contributed by atoms with Crippen LogP contribution in [0, 0.1) is 4.77 Å². The Balaban J connectivity index is 2.65. The molecule has 1 heterocycles. The van der Waals surface area contributed by atoms with Crippen molar-refractivity contribution in [1.82, 2.24) is 14.8 Å². The highest BCUT2D eigenvalue weighted by Gasteiger charge is 2.18. The van der Waals surface area contributed by atoms with Crippen molar-refractivity contribution in [2.75, 3.05) is 21.3 Å². The number of ether oxygens (including phenoxy) is 3. The van der Waals surface area contributed by atoms with Crippen LogP contribution in [0.15, 0.2) is 12.1 Å². The van der Waals surface area contributed by atoms with Gasteiger partial charge in [-0.05, 0) is 24.7 Å². The van der Waals surface area contributed by atoms with Crippen molar-refractivity contribution in [1.29, 1.82) is 0 Å². The maximum atomic E-state index is 5.45. The topological polar surface area (TPSA) is 61.3 Å². The Morgan fingerprint density at radius 1 is 1.10 bits per heavy atom. The molecule has 0 saturated heterocycles. The highest BCUT2D eigenvalue weighted by Crippen LogP contribution is 2.39. The standard InChI is InChI=1S/C14H19N3O3S/c1-5-6-17-13(15-16-14(17)21)9-7-11(19-3)12(20-4)8-10(9)18-2/h7-8H,5-6H2,1-4H3,(H,16,21). The van der Waals surface area contributed by atoms with E-state index >= 15 is 0 Å². The summed E-state index contributed by atoms with van der Waals surface area (Å²) in [6.45, 7) is 2.87. The Bertz CT molecular complexity index is 679. The quantitative estimate of drug-likeness (QED) is 0.831. The first-order valence-corrected chi connectivity index (χ1v) is 7.02. The summed E-state index contributed by atoms with van der Waals surface area (Å²) in [5.74, 6) is 2.60. The van der Waals surface area contributed by atoms with Gasteiger partial charge in [0.25, 0.3) is 0 Å². The van der Waals surface area contributed by atoms with Crippen LogP contribution >= 0.6 is 12.2 Å². The second kappa shape index (κ2) is 6.62. The predicted octanol–water partition coefficient (Wildman–Crippen LogP) is 3.04. The van der Waals surface area contributed by atoms with Crippen molar-refractivity contribution >= 4 is 12.2 Å². The number of nitrogens with one attached hydrogen (secondary N) is 1. The summed E-state index contributed by atoms with van der Waals surface area (Å²) in [6.07, 6.45) is 0.955. The summed E-state index contributed by atoms with van der Waals surface area (Å²) in [6, 6.07) is 3.62.